The molecule has 5 fully saturated rings. The van der Waals surface area contributed by atoms with Gasteiger partial charge in [-0.3, -0.25) is 0 Å². The van der Waals surface area contributed by atoms with Crippen LogP contribution in [0, 0.1) is 17.8 Å². The lowest BCUT2D eigenvalue weighted by Crippen LogP contribution is -2.48. The summed E-state index contributed by atoms with van der Waals surface area (Å²) >= 11 is 0. The highest BCUT2D eigenvalue weighted by Gasteiger charge is 2.51. The summed E-state index contributed by atoms with van der Waals surface area (Å²) in [6.07, 6.45) is 15.5. The summed E-state index contributed by atoms with van der Waals surface area (Å²) in [6.45, 7) is 4.83. The van der Waals surface area contributed by atoms with Crippen molar-refractivity contribution < 1.29 is 0 Å². The average Bonchev–Trinajstić information content (AvgIpc) is 3.46. The lowest BCUT2D eigenvalue weighted by Gasteiger charge is -2.57. The third-order valence-electron chi connectivity index (χ3n) is 15.2. The highest BCUT2D eigenvalue weighted by molar-refractivity contribution is 5.88. The lowest BCUT2D eigenvalue weighted by atomic mass is 9.48. The molecule has 0 amide bonds. The fourth-order valence-electron chi connectivity index (χ4n) is 12.8. The Labute approximate surface area is 334 Å². The Bertz CT molecular complexity index is 2340. The number of hydrogen-bond donors (Lipinski definition) is 0. The Balaban J connectivity index is 0.954. The van der Waals surface area contributed by atoms with E-state index in [0.717, 1.165) is 17.8 Å². The number of hydrogen-bond acceptors (Lipinski definition) is 1. The van der Waals surface area contributed by atoms with Crippen LogP contribution in [0.4, 0.5) is 17.1 Å². The van der Waals surface area contributed by atoms with E-state index in [-0.39, 0.29) is 5.41 Å². The van der Waals surface area contributed by atoms with Gasteiger partial charge < -0.3 is 4.90 Å². The SMILES string of the molecule is CC1(C)c2ccc(-c3ccc(-c4ccccc4)cc3)cc2-c2ccc(N(c3ccc(C4CCCCC4)cc3)c3ccc(C45CC6CC(CC(C6)C4)C5)cc3)cc21. The molecule has 0 spiro atoms. The normalized spacial score (nSPS) is 24.5. The van der Waals surface area contributed by atoms with Gasteiger partial charge in [-0.25, -0.2) is 0 Å². The molecule has 1 nitrogen and oxygen atoms in total. The van der Waals surface area contributed by atoms with E-state index in [2.05, 4.69) is 158 Å². The van der Waals surface area contributed by atoms with Crippen molar-refractivity contribution in [2.24, 2.45) is 17.8 Å². The number of fused-ring (bicyclic) bond motifs is 3. The van der Waals surface area contributed by atoms with Crippen LogP contribution in [0.15, 0.2) is 140 Å². The van der Waals surface area contributed by atoms with Crippen LogP contribution in [0.2, 0.25) is 0 Å². The Morgan fingerprint density at radius 3 is 1.66 bits per heavy atom. The second-order valence-electron chi connectivity index (χ2n) is 19.1. The highest BCUT2D eigenvalue weighted by atomic mass is 15.1. The number of benzene rings is 6. The monoisotopic (exact) mass is 729 g/mol. The quantitative estimate of drug-likeness (QED) is 0.158. The Kier molecular flexibility index (Phi) is 8.20. The Hall–Kier alpha value is -4.88. The van der Waals surface area contributed by atoms with Gasteiger partial charge in [-0.2, -0.15) is 0 Å². The first-order chi connectivity index (χ1) is 27.4. The third kappa shape index (κ3) is 5.79. The summed E-state index contributed by atoms with van der Waals surface area (Å²) in [5.41, 5.74) is 17.8. The Morgan fingerprint density at radius 1 is 0.464 bits per heavy atom. The van der Waals surface area contributed by atoms with Crippen LogP contribution in [0.25, 0.3) is 33.4 Å². The van der Waals surface area contributed by atoms with E-state index >= 15 is 0 Å². The van der Waals surface area contributed by atoms with Crippen LogP contribution in [-0.4, -0.2) is 0 Å². The first kappa shape index (κ1) is 34.4. The minimum absolute atomic E-state index is 0.102. The zero-order valence-electron chi connectivity index (χ0n) is 33.3. The predicted molar refractivity (Wildman–Crippen MR) is 235 cm³/mol. The van der Waals surface area contributed by atoms with Crippen LogP contribution in [-0.2, 0) is 10.8 Å². The van der Waals surface area contributed by atoms with Crippen molar-refractivity contribution in [2.45, 2.75) is 101 Å². The first-order valence-corrected chi connectivity index (χ1v) is 21.9. The molecule has 0 N–H and O–H groups in total. The molecule has 6 aromatic carbocycles. The molecule has 6 aliphatic rings. The minimum atomic E-state index is -0.102. The van der Waals surface area contributed by atoms with E-state index < -0.39 is 0 Å². The summed E-state index contributed by atoms with van der Waals surface area (Å²) < 4.78 is 0. The van der Waals surface area contributed by atoms with Crippen LogP contribution in [0.3, 0.4) is 0 Å². The highest BCUT2D eigenvalue weighted by Crippen LogP contribution is 2.61. The molecule has 280 valence electrons. The molecule has 0 aliphatic heterocycles. The van der Waals surface area contributed by atoms with Gasteiger partial charge in [0.1, 0.15) is 0 Å². The van der Waals surface area contributed by atoms with Crippen molar-refractivity contribution in [2.75, 3.05) is 4.90 Å². The summed E-state index contributed by atoms with van der Waals surface area (Å²) in [5.74, 6) is 3.57. The largest absolute Gasteiger partial charge is 0.310 e. The first-order valence-electron chi connectivity index (χ1n) is 21.9. The summed E-state index contributed by atoms with van der Waals surface area (Å²) in [4.78, 5) is 2.53. The van der Waals surface area contributed by atoms with Crippen molar-refractivity contribution in [3.63, 3.8) is 0 Å². The summed E-state index contributed by atoms with van der Waals surface area (Å²) in [7, 11) is 0. The summed E-state index contributed by atoms with van der Waals surface area (Å²) in [6, 6.07) is 53.8. The van der Waals surface area contributed by atoms with Gasteiger partial charge in [0.2, 0.25) is 0 Å². The lowest BCUT2D eigenvalue weighted by molar-refractivity contribution is -0.00518. The standard InChI is InChI=1S/C55H55N/c1-54(2)52-28-19-45(44-15-13-42(14-16-44)40-9-5-3-6-10-40)32-51(52)50-27-26-49(33-53(50)54)56(47-22-17-43(18-23-47)41-11-7-4-8-12-41)48-24-20-46(21-25-48)55-34-37-29-38(35-55)31-39(30-37)36-55/h3,5-6,9-10,13-28,32-33,37-39,41H,4,7-8,11-12,29-31,34-36H2,1-2H3. The molecule has 0 aromatic heterocycles. The number of rotatable bonds is 7. The fourth-order valence-corrected chi connectivity index (χ4v) is 12.8. The van der Waals surface area contributed by atoms with Crippen LogP contribution >= 0.6 is 0 Å². The van der Waals surface area contributed by atoms with E-state index in [1.165, 1.54) is 138 Å². The molecule has 0 atom stereocenters. The molecule has 0 saturated heterocycles. The van der Waals surface area contributed by atoms with Gasteiger partial charge in [0.25, 0.3) is 0 Å². The van der Waals surface area contributed by atoms with E-state index in [4.69, 9.17) is 0 Å². The van der Waals surface area contributed by atoms with Crippen LogP contribution in [0.5, 0.6) is 0 Å². The van der Waals surface area contributed by atoms with Crippen molar-refractivity contribution in [3.8, 4) is 33.4 Å². The van der Waals surface area contributed by atoms with Crippen molar-refractivity contribution >= 4 is 17.1 Å². The van der Waals surface area contributed by atoms with Crippen LogP contribution in [0.1, 0.15) is 113 Å². The third-order valence-corrected chi connectivity index (χ3v) is 15.2. The number of anilines is 3. The molecular formula is C55H55N. The summed E-state index contributed by atoms with van der Waals surface area (Å²) in [5, 5.41) is 0. The zero-order chi connectivity index (χ0) is 37.4. The maximum Gasteiger partial charge on any atom is 0.0465 e. The number of nitrogens with zero attached hydrogens (tertiary/aromatic N) is 1. The van der Waals surface area contributed by atoms with Gasteiger partial charge in [-0.1, -0.05) is 130 Å². The fraction of sp³-hybridized carbons (Fsp3) is 0.345. The van der Waals surface area contributed by atoms with E-state index in [1.807, 2.05) is 0 Å². The predicted octanol–water partition coefficient (Wildman–Crippen LogP) is 15.3. The van der Waals surface area contributed by atoms with Crippen molar-refractivity contribution in [1.29, 1.82) is 0 Å². The molecule has 5 saturated carbocycles. The average molecular weight is 730 g/mol. The Morgan fingerprint density at radius 2 is 1.02 bits per heavy atom. The van der Waals surface area contributed by atoms with E-state index in [1.54, 1.807) is 5.56 Å². The second-order valence-corrected chi connectivity index (χ2v) is 19.1. The van der Waals surface area contributed by atoms with E-state index in [9.17, 15) is 0 Å². The molecule has 0 unspecified atom stereocenters. The second kappa shape index (κ2) is 13.4. The van der Waals surface area contributed by atoms with Gasteiger partial charge in [0, 0.05) is 22.5 Å². The molecule has 56 heavy (non-hydrogen) atoms. The van der Waals surface area contributed by atoms with Crippen LogP contribution < -0.4 is 4.90 Å². The molecule has 0 heterocycles. The minimum Gasteiger partial charge on any atom is -0.310 e. The molecule has 12 rings (SSSR count). The smallest absolute Gasteiger partial charge is 0.0465 e. The molecular weight excluding hydrogens is 675 g/mol. The van der Waals surface area contributed by atoms with Crippen molar-refractivity contribution in [3.05, 3.63) is 162 Å². The van der Waals surface area contributed by atoms with E-state index in [0.29, 0.717) is 11.3 Å². The molecule has 1 heteroatoms. The molecule has 4 bridgehead atoms. The van der Waals surface area contributed by atoms with Gasteiger partial charge in [0.15, 0.2) is 0 Å². The topological polar surface area (TPSA) is 3.24 Å². The molecule has 0 radical (unpaired) electrons. The van der Waals surface area contributed by atoms with Gasteiger partial charge >= 0.3 is 0 Å². The van der Waals surface area contributed by atoms with Gasteiger partial charge in [-0.15, -0.1) is 0 Å². The van der Waals surface area contributed by atoms with Gasteiger partial charge in [-0.05, 0) is 179 Å². The molecule has 6 aliphatic carbocycles. The van der Waals surface area contributed by atoms with Gasteiger partial charge in [0.05, 0.1) is 0 Å². The maximum atomic E-state index is 2.53. The maximum absolute atomic E-state index is 2.53. The van der Waals surface area contributed by atoms with Crippen molar-refractivity contribution in [1.82, 2.24) is 0 Å². The zero-order valence-corrected chi connectivity index (χ0v) is 33.3. The molecule has 6 aromatic rings.